The monoisotopic (exact) mass is 275 g/mol. The van der Waals surface area contributed by atoms with E-state index in [4.69, 9.17) is 4.74 Å². The van der Waals surface area contributed by atoms with Gasteiger partial charge in [-0.1, -0.05) is 6.92 Å². The Hall–Kier alpha value is -1.35. The van der Waals surface area contributed by atoms with Crippen LogP contribution >= 0.6 is 0 Å². The molecule has 1 aliphatic rings. The van der Waals surface area contributed by atoms with Gasteiger partial charge in [0, 0.05) is 5.56 Å². The van der Waals surface area contributed by atoms with E-state index < -0.39 is 5.54 Å². The fraction of sp³-hybridized carbons (Fsp3) is 0.588. The largest absolute Gasteiger partial charge is 0.494 e. The molecule has 0 aliphatic carbocycles. The second-order valence-electron chi connectivity index (χ2n) is 5.96. The van der Waals surface area contributed by atoms with Gasteiger partial charge in [0.15, 0.2) is 5.78 Å². The molecule has 2 rings (SSSR count). The summed E-state index contributed by atoms with van der Waals surface area (Å²) in [7, 11) is 0. The maximum Gasteiger partial charge on any atom is 0.182 e. The second-order valence-corrected chi connectivity index (χ2v) is 5.96. The molecule has 1 aromatic rings. The molecular formula is C17H25NO2. The lowest BCUT2D eigenvalue weighted by Crippen LogP contribution is -2.48. The zero-order chi connectivity index (χ0) is 14.6. The van der Waals surface area contributed by atoms with Gasteiger partial charge in [-0.2, -0.15) is 0 Å². The number of nitrogens with zero attached hydrogens (tertiary/aromatic N) is 1. The Bertz CT molecular complexity index is 445. The van der Waals surface area contributed by atoms with Crippen molar-refractivity contribution in [1.82, 2.24) is 4.90 Å². The fourth-order valence-corrected chi connectivity index (χ4v) is 2.70. The van der Waals surface area contributed by atoms with Crippen LogP contribution in [0.3, 0.4) is 0 Å². The number of ether oxygens (including phenoxy) is 1. The van der Waals surface area contributed by atoms with Gasteiger partial charge >= 0.3 is 0 Å². The number of carbonyl (C=O) groups is 1. The Morgan fingerprint density at radius 3 is 2.35 bits per heavy atom. The van der Waals surface area contributed by atoms with E-state index in [-0.39, 0.29) is 5.78 Å². The van der Waals surface area contributed by atoms with Gasteiger partial charge in [0.25, 0.3) is 0 Å². The first kappa shape index (κ1) is 15.0. The van der Waals surface area contributed by atoms with E-state index in [0.29, 0.717) is 6.61 Å². The van der Waals surface area contributed by atoms with Gasteiger partial charge in [-0.25, -0.2) is 0 Å². The molecule has 0 radical (unpaired) electrons. The Morgan fingerprint density at radius 1 is 1.20 bits per heavy atom. The summed E-state index contributed by atoms with van der Waals surface area (Å²) < 4.78 is 5.55. The van der Waals surface area contributed by atoms with Crippen molar-refractivity contribution in [2.75, 3.05) is 19.7 Å². The van der Waals surface area contributed by atoms with Crippen molar-refractivity contribution in [3.63, 3.8) is 0 Å². The van der Waals surface area contributed by atoms with Gasteiger partial charge in [-0.05, 0) is 70.5 Å². The van der Waals surface area contributed by atoms with E-state index in [9.17, 15) is 4.79 Å². The third-order valence-corrected chi connectivity index (χ3v) is 4.04. The highest BCUT2D eigenvalue weighted by molar-refractivity contribution is 6.02. The van der Waals surface area contributed by atoms with Crippen molar-refractivity contribution in [3.05, 3.63) is 29.8 Å². The van der Waals surface area contributed by atoms with Crippen LogP contribution in [0.5, 0.6) is 5.75 Å². The van der Waals surface area contributed by atoms with Crippen molar-refractivity contribution in [3.8, 4) is 5.75 Å². The molecule has 1 aliphatic heterocycles. The summed E-state index contributed by atoms with van der Waals surface area (Å²) in [5, 5.41) is 0. The predicted octanol–water partition coefficient (Wildman–Crippen LogP) is 3.53. The predicted molar refractivity (Wildman–Crippen MR) is 81.4 cm³/mol. The number of hydrogen-bond acceptors (Lipinski definition) is 3. The van der Waals surface area contributed by atoms with Gasteiger partial charge in [0.2, 0.25) is 0 Å². The van der Waals surface area contributed by atoms with Crippen molar-refractivity contribution < 1.29 is 9.53 Å². The van der Waals surface area contributed by atoms with Gasteiger partial charge in [-0.3, -0.25) is 9.69 Å². The Balaban J connectivity index is 2.08. The fourth-order valence-electron chi connectivity index (χ4n) is 2.70. The SMILES string of the molecule is CCCOc1ccc(C(=O)C(C)(C)N2CCCC2)cc1. The molecule has 1 aromatic carbocycles. The van der Waals surface area contributed by atoms with Crippen LogP contribution in [-0.2, 0) is 0 Å². The standard InChI is InChI=1S/C17H25NO2/c1-4-13-20-15-9-7-14(8-10-15)16(19)17(2,3)18-11-5-6-12-18/h7-10H,4-6,11-13H2,1-3H3. The van der Waals surface area contributed by atoms with Crippen LogP contribution in [-0.4, -0.2) is 35.9 Å². The van der Waals surface area contributed by atoms with E-state index in [1.54, 1.807) is 0 Å². The van der Waals surface area contributed by atoms with Crippen LogP contribution in [0.4, 0.5) is 0 Å². The first-order chi connectivity index (χ1) is 9.55. The average Bonchev–Trinajstić information content (AvgIpc) is 3.00. The highest BCUT2D eigenvalue weighted by Gasteiger charge is 2.36. The number of benzene rings is 1. The number of ketones is 1. The first-order valence-corrected chi connectivity index (χ1v) is 7.58. The van der Waals surface area contributed by atoms with E-state index >= 15 is 0 Å². The molecule has 3 nitrogen and oxygen atoms in total. The maximum absolute atomic E-state index is 12.7. The van der Waals surface area contributed by atoms with E-state index in [0.717, 1.165) is 30.8 Å². The smallest absolute Gasteiger partial charge is 0.182 e. The van der Waals surface area contributed by atoms with E-state index in [1.165, 1.54) is 12.8 Å². The molecule has 0 saturated carbocycles. The minimum absolute atomic E-state index is 0.196. The van der Waals surface area contributed by atoms with Crippen LogP contribution in [0.15, 0.2) is 24.3 Å². The summed E-state index contributed by atoms with van der Waals surface area (Å²) in [6, 6.07) is 7.54. The minimum atomic E-state index is -0.414. The molecule has 1 saturated heterocycles. The van der Waals surface area contributed by atoms with Crippen LogP contribution in [0.2, 0.25) is 0 Å². The number of hydrogen-bond donors (Lipinski definition) is 0. The zero-order valence-corrected chi connectivity index (χ0v) is 12.8. The number of likely N-dealkylation sites (tertiary alicyclic amines) is 1. The highest BCUT2D eigenvalue weighted by Crippen LogP contribution is 2.25. The molecule has 0 aromatic heterocycles. The Kier molecular flexibility index (Phi) is 4.81. The summed E-state index contributed by atoms with van der Waals surface area (Å²) in [4.78, 5) is 15.0. The third-order valence-electron chi connectivity index (χ3n) is 4.04. The van der Waals surface area contributed by atoms with Crippen molar-refractivity contribution in [1.29, 1.82) is 0 Å². The molecular weight excluding hydrogens is 250 g/mol. The molecule has 0 amide bonds. The Labute approximate surface area is 121 Å². The molecule has 0 N–H and O–H groups in total. The average molecular weight is 275 g/mol. The zero-order valence-electron chi connectivity index (χ0n) is 12.8. The third kappa shape index (κ3) is 3.21. The summed E-state index contributed by atoms with van der Waals surface area (Å²) >= 11 is 0. The van der Waals surface area contributed by atoms with Crippen LogP contribution < -0.4 is 4.74 Å². The van der Waals surface area contributed by atoms with Crippen molar-refractivity contribution >= 4 is 5.78 Å². The van der Waals surface area contributed by atoms with Gasteiger partial charge < -0.3 is 4.74 Å². The topological polar surface area (TPSA) is 29.5 Å². The number of rotatable bonds is 6. The number of Topliss-reactive ketones (excluding diaryl/α,β-unsaturated/α-hetero) is 1. The lowest BCUT2D eigenvalue weighted by atomic mass is 9.91. The normalized spacial score (nSPS) is 16.4. The quantitative estimate of drug-likeness (QED) is 0.744. The molecule has 0 bridgehead atoms. The van der Waals surface area contributed by atoms with Crippen molar-refractivity contribution in [2.45, 2.75) is 45.6 Å². The summed E-state index contributed by atoms with van der Waals surface area (Å²) in [5.41, 5.74) is 0.355. The van der Waals surface area contributed by atoms with Crippen LogP contribution in [0, 0.1) is 0 Å². The number of carbonyl (C=O) groups excluding carboxylic acids is 1. The maximum atomic E-state index is 12.7. The lowest BCUT2D eigenvalue weighted by molar-refractivity contribution is 0.0702. The Morgan fingerprint density at radius 2 is 1.80 bits per heavy atom. The van der Waals surface area contributed by atoms with Gasteiger partial charge in [0.1, 0.15) is 5.75 Å². The summed E-state index contributed by atoms with van der Waals surface area (Å²) in [6.45, 7) is 8.90. The first-order valence-electron chi connectivity index (χ1n) is 7.58. The van der Waals surface area contributed by atoms with Gasteiger partial charge in [-0.15, -0.1) is 0 Å². The summed E-state index contributed by atoms with van der Waals surface area (Å²) in [5.74, 6) is 1.03. The molecule has 1 heterocycles. The molecule has 0 unspecified atom stereocenters. The van der Waals surface area contributed by atoms with E-state index in [2.05, 4.69) is 11.8 Å². The molecule has 20 heavy (non-hydrogen) atoms. The molecule has 3 heteroatoms. The molecule has 110 valence electrons. The lowest BCUT2D eigenvalue weighted by Gasteiger charge is -2.33. The van der Waals surface area contributed by atoms with Crippen molar-refractivity contribution in [2.24, 2.45) is 0 Å². The molecule has 0 spiro atoms. The highest BCUT2D eigenvalue weighted by atomic mass is 16.5. The molecule has 1 fully saturated rings. The van der Waals surface area contributed by atoms with Crippen LogP contribution in [0.1, 0.15) is 50.4 Å². The van der Waals surface area contributed by atoms with Crippen LogP contribution in [0.25, 0.3) is 0 Å². The summed E-state index contributed by atoms with van der Waals surface area (Å²) in [6.07, 6.45) is 3.38. The van der Waals surface area contributed by atoms with E-state index in [1.807, 2.05) is 38.1 Å². The second kappa shape index (κ2) is 6.40. The molecule has 0 atom stereocenters. The minimum Gasteiger partial charge on any atom is -0.494 e. The van der Waals surface area contributed by atoms with Gasteiger partial charge in [0.05, 0.1) is 12.1 Å².